The highest BCUT2D eigenvalue weighted by molar-refractivity contribution is 5.78. The SMILES string of the molecule is CC(NC(=O)COc1ccccc1C(C)(C)C)c1ccc(C(C)(C)C)cc1. The van der Waals surface area contributed by atoms with Crippen molar-refractivity contribution in [1.82, 2.24) is 5.32 Å². The van der Waals surface area contributed by atoms with Gasteiger partial charge in [-0.2, -0.15) is 0 Å². The van der Waals surface area contributed by atoms with Gasteiger partial charge in [0.15, 0.2) is 6.61 Å². The van der Waals surface area contributed by atoms with Crippen molar-refractivity contribution >= 4 is 5.91 Å². The first-order chi connectivity index (χ1) is 12.5. The van der Waals surface area contributed by atoms with Crippen LogP contribution in [0.5, 0.6) is 5.75 Å². The molecule has 0 saturated carbocycles. The van der Waals surface area contributed by atoms with E-state index in [9.17, 15) is 4.79 Å². The molecule has 0 aliphatic heterocycles. The van der Waals surface area contributed by atoms with E-state index in [0.29, 0.717) is 0 Å². The summed E-state index contributed by atoms with van der Waals surface area (Å²) < 4.78 is 5.81. The Bertz CT molecular complexity index is 764. The van der Waals surface area contributed by atoms with E-state index in [1.165, 1.54) is 5.56 Å². The molecule has 0 heterocycles. The highest BCUT2D eigenvalue weighted by Gasteiger charge is 2.19. The second-order valence-electron chi connectivity index (χ2n) is 9.20. The molecule has 1 N–H and O–H groups in total. The van der Waals surface area contributed by atoms with Gasteiger partial charge in [-0.3, -0.25) is 4.79 Å². The average Bonchev–Trinajstić information content (AvgIpc) is 2.58. The van der Waals surface area contributed by atoms with Crippen molar-refractivity contribution in [3.8, 4) is 5.75 Å². The molecule has 2 rings (SSSR count). The van der Waals surface area contributed by atoms with Crippen LogP contribution in [0.4, 0.5) is 0 Å². The Balaban J connectivity index is 1.96. The minimum atomic E-state index is -0.119. The molecule has 1 atom stereocenters. The number of para-hydroxylation sites is 1. The lowest BCUT2D eigenvalue weighted by atomic mass is 9.86. The maximum absolute atomic E-state index is 12.4. The second-order valence-corrected chi connectivity index (χ2v) is 9.20. The van der Waals surface area contributed by atoms with Crippen molar-refractivity contribution < 1.29 is 9.53 Å². The third-order valence-electron chi connectivity index (χ3n) is 4.71. The van der Waals surface area contributed by atoms with Gasteiger partial charge in [0, 0.05) is 0 Å². The standard InChI is InChI=1S/C24H33NO2/c1-17(18-12-14-19(15-13-18)23(2,3)4)25-22(26)16-27-21-11-9-8-10-20(21)24(5,6)7/h8-15,17H,16H2,1-7H3,(H,25,26). The van der Waals surface area contributed by atoms with Gasteiger partial charge in [-0.25, -0.2) is 0 Å². The van der Waals surface area contributed by atoms with Gasteiger partial charge >= 0.3 is 0 Å². The zero-order valence-electron chi connectivity index (χ0n) is 17.7. The van der Waals surface area contributed by atoms with E-state index < -0.39 is 0 Å². The van der Waals surface area contributed by atoms with Gasteiger partial charge in [0.1, 0.15) is 5.75 Å². The van der Waals surface area contributed by atoms with Crippen LogP contribution in [0.15, 0.2) is 48.5 Å². The fourth-order valence-corrected chi connectivity index (χ4v) is 2.99. The Hall–Kier alpha value is -2.29. The van der Waals surface area contributed by atoms with E-state index >= 15 is 0 Å². The molecule has 0 aliphatic carbocycles. The molecule has 3 nitrogen and oxygen atoms in total. The number of amides is 1. The number of hydrogen-bond donors (Lipinski definition) is 1. The number of benzene rings is 2. The molecule has 146 valence electrons. The summed E-state index contributed by atoms with van der Waals surface area (Å²) in [6, 6.07) is 16.3. The first kappa shape index (κ1) is 21.0. The number of nitrogens with one attached hydrogen (secondary N) is 1. The lowest BCUT2D eigenvalue weighted by Crippen LogP contribution is -2.31. The molecule has 2 aromatic rings. The molecule has 0 aromatic heterocycles. The Morgan fingerprint density at radius 3 is 2.07 bits per heavy atom. The zero-order chi connectivity index (χ0) is 20.2. The van der Waals surface area contributed by atoms with E-state index in [1.54, 1.807) is 0 Å². The summed E-state index contributed by atoms with van der Waals surface area (Å²) in [5.41, 5.74) is 3.57. The normalized spacial score (nSPS) is 13.1. The Morgan fingerprint density at radius 1 is 0.926 bits per heavy atom. The van der Waals surface area contributed by atoms with Crippen molar-refractivity contribution in [1.29, 1.82) is 0 Å². The van der Waals surface area contributed by atoms with Crippen LogP contribution < -0.4 is 10.1 Å². The van der Waals surface area contributed by atoms with Gasteiger partial charge in [-0.1, -0.05) is 84.0 Å². The number of rotatable bonds is 5. The van der Waals surface area contributed by atoms with Crippen LogP contribution >= 0.6 is 0 Å². The van der Waals surface area contributed by atoms with E-state index in [-0.39, 0.29) is 29.4 Å². The van der Waals surface area contributed by atoms with E-state index in [1.807, 2.05) is 31.2 Å². The smallest absolute Gasteiger partial charge is 0.258 e. The number of ether oxygens (including phenoxy) is 1. The molecule has 27 heavy (non-hydrogen) atoms. The predicted octanol–water partition coefficient (Wildman–Crippen LogP) is 5.54. The average molecular weight is 368 g/mol. The summed E-state index contributed by atoms with van der Waals surface area (Å²) in [6.45, 7) is 15.0. The van der Waals surface area contributed by atoms with Crippen molar-refractivity contribution in [3.63, 3.8) is 0 Å². The van der Waals surface area contributed by atoms with Crippen LogP contribution in [-0.4, -0.2) is 12.5 Å². The van der Waals surface area contributed by atoms with Gasteiger partial charge in [0.25, 0.3) is 5.91 Å². The Labute approximate surface area is 164 Å². The molecule has 0 aliphatic rings. The topological polar surface area (TPSA) is 38.3 Å². The molecule has 0 radical (unpaired) electrons. The lowest BCUT2D eigenvalue weighted by molar-refractivity contribution is -0.123. The molecular formula is C24H33NO2. The number of carbonyl (C=O) groups is 1. The minimum absolute atomic E-state index is 0.0114. The molecular weight excluding hydrogens is 334 g/mol. The predicted molar refractivity (Wildman–Crippen MR) is 112 cm³/mol. The lowest BCUT2D eigenvalue weighted by Gasteiger charge is -2.23. The van der Waals surface area contributed by atoms with Crippen molar-refractivity contribution in [2.75, 3.05) is 6.61 Å². The van der Waals surface area contributed by atoms with Gasteiger partial charge in [-0.05, 0) is 40.5 Å². The highest BCUT2D eigenvalue weighted by Crippen LogP contribution is 2.31. The molecule has 0 spiro atoms. The fraction of sp³-hybridized carbons (Fsp3) is 0.458. The minimum Gasteiger partial charge on any atom is -0.483 e. The first-order valence-electron chi connectivity index (χ1n) is 9.60. The molecule has 1 unspecified atom stereocenters. The quantitative estimate of drug-likeness (QED) is 0.754. The molecule has 0 saturated heterocycles. The summed E-state index contributed by atoms with van der Waals surface area (Å²) >= 11 is 0. The van der Waals surface area contributed by atoms with Crippen LogP contribution in [0.3, 0.4) is 0 Å². The third-order valence-corrected chi connectivity index (χ3v) is 4.71. The largest absolute Gasteiger partial charge is 0.483 e. The van der Waals surface area contributed by atoms with Crippen LogP contribution in [0.1, 0.15) is 71.2 Å². The van der Waals surface area contributed by atoms with Gasteiger partial charge < -0.3 is 10.1 Å². The van der Waals surface area contributed by atoms with Crippen LogP contribution in [0.25, 0.3) is 0 Å². The number of carbonyl (C=O) groups excluding carboxylic acids is 1. The van der Waals surface area contributed by atoms with Crippen molar-refractivity contribution in [2.45, 2.75) is 65.3 Å². The zero-order valence-corrected chi connectivity index (χ0v) is 17.7. The van der Waals surface area contributed by atoms with E-state index in [2.05, 4.69) is 71.1 Å². The number of hydrogen-bond acceptors (Lipinski definition) is 2. The maximum Gasteiger partial charge on any atom is 0.258 e. The van der Waals surface area contributed by atoms with E-state index in [4.69, 9.17) is 4.74 Å². The maximum atomic E-state index is 12.4. The van der Waals surface area contributed by atoms with Crippen LogP contribution in [0, 0.1) is 0 Å². The fourth-order valence-electron chi connectivity index (χ4n) is 2.99. The molecule has 0 bridgehead atoms. The third kappa shape index (κ3) is 5.85. The van der Waals surface area contributed by atoms with Crippen LogP contribution in [0.2, 0.25) is 0 Å². The monoisotopic (exact) mass is 367 g/mol. The van der Waals surface area contributed by atoms with Gasteiger partial charge in [0.2, 0.25) is 0 Å². The van der Waals surface area contributed by atoms with E-state index in [0.717, 1.165) is 16.9 Å². The first-order valence-corrected chi connectivity index (χ1v) is 9.60. The van der Waals surface area contributed by atoms with Crippen LogP contribution in [-0.2, 0) is 15.6 Å². The molecule has 3 heteroatoms. The summed E-state index contributed by atoms with van der Waals surface area (Å²) in [5, 5.41) is 3.02. The summed E-state index contributed by atoms with van der Waals surface area (Å²) in [5.74, 6) is 0.647. The molecule has 2 aromatic carbocycles. The summed E-state index contributed by atoms with van der Waals surface area (Å²) in [7, 11) is 0. The second kappa shape index (κ2) is 8.16. The van der Waals surface area contributed by atoms with Crippen molar-refractivity contribution in [2.24, 2.45) is 0 Å². The molecule has 0 fully saturated rings. The Morgan fingerprint density at radius 2 is 1.52 bits per heavy atom. The van der Waals surface area contributed by atoms with Gasteiger partial charge in [0.05, 0.1) is 6.04 Å². The highest BCUT2D eigenvalue weighted by atomic mass is 16.5. The molecule has 1 amide bonds. The van der Waals surface area contributed by atoms with Crippen molar-refractivity contribution in [3.05, 3.63) is 65.2 Å². The van der Waals surface area contributed by atoms with Gasteiger partial charge in [-0.15, -0.1) is 0 Å². The summed E-state index contributed by atoms with van der Waals surface area (Å²) in [4.78, 5) is 12.4. The Kier molecular flexibility index (Phi) is 6.35. The summed E-state index contributed by atoms with van der Waals surface area (Å²) in [6.07, 6.45) is 0.